The largest absolute Gasteiger partial charge is 0.375 e. The van der Waals surface area contributed by atoms with Crippen molar-refractivity contribution in [2.75, 3.05) is 25.0 Å². The van der Waals surface area contributed by atoms with E-state index in [1.807, 2.05) is 0 Å². The van der Waals surface area contributed by atoms with Gasteiger partial charge in [-0.05, 0) is 37.1 Å². The van der Waals surface area contributed by atoms with Crippen LogP contribution in [0, 0.1) is 0 Å². The number of rotatable bonds is 6. The molecule has 2 N–H and O–H groups in total. The minimum atomic E-state index is 0.724. The van der Waals surface area contributed by atoms with Gasteiger partial charge in [-0.25, -0.2) is 0 Å². The Bertz CT molecular complexity index is 284. The summed E-state index contributed by atoms with van der Waals surface area (Å²) in [5.74, 6) is 0. The summed E-state index contributed by atoms with van der Waals surface area (Å²) in [6.45, 7) is 4.07. The number of nitrogens with zero attached hydrogens (tertiary/aromatic N) is 1. The van der Waals surface area contributed by atoms with E-state index < -0.39 is 0 Å². The predicted molar refractivity (Wildman–Crippen MR) is 67.4 cm³/mol. The molecule has 0 bridgehead atoms. The summed E-state index contributed by atoms with van der Waals surface area (Å²) < 4.78 is 0. The molecule has 15 heavy (non-hydrogen) atoms. The Kier molecular flexibility index (Phi) is 5.19. The second-order valence-corrected chi connectivity index (χ2v) is 3.98. The van der Waals surface area contributed by atoms with Gasteiger partial charge in [0.25, 0.3) is 0 Å². The van der Waals surface area contributed by atoms with Gasteiger partial charge in [0.15, 0.2) is 0 Å². The average Bonchev–Trinajstić information content (AvgIpc) is 2.27. The van der Waals surface area contributed by atoms with Crippen molar-refractivity contribution >= 4 is 5.69 Å². The lowest BCUT2D eigenvalue weighted by Crippen LogP contribution is -2.18. The van der Waals surface area contributed by atoms with Gasteiger partial charge in [0.05, 0.1) is 0 Å². The Morgan fingerprint density at radius 1 is 1.33 bits per heavy atom. The highest BCUT2D eigenvalue weighted by Gasteiger charge is 2.00. The van der Waals surface area contributed by atoms with Crippen molar-refractivity contribution in [1.82, 2.24) is 0 Å². The fourth-order valence-corrected chi connectivity index (χ4v) is 1.64. The first-order chi connectivity index (χ1) is 7.27. The second-order valence-electron chi connectivity index (χ2n) is 3.98. The summed E-state index contributed by atoms with van der Waals surface area (Å²) in [6.07, 6.45) is 3.46. The molecule has 1 aromatic rings. The number of anilines is 1. The molecule has 0 radical (unpaired) electrons. The highest BCUT2D eigenvalue weighted by molar-refractivity contribution is 5.47. The van der Waals surface area contributed by atoms with Crippen molar-refractivity contribution < 1.29 is 0 Å². The highest BCUT2D eigenvalue weighted by atomic mass is 15.1. The highest BCUT2D eigenvalue weighted by Crippen LogP contribution is 2.15. The standard InChI is InChI=1S/C13H22N2/c1-3-4-10-15(2)13-7-5-6-12(11-13)8-9-14/h5-7,11H,3-4,8-10,14H2,1-2H3. The second kappa shape index (κ2) is 6.46. The summed E-state index contributed by atoms with van der Waals surface area (Å²) in [7, 11) is 2.15. The van der Waals surface area contributed by atoms with E-state index in [1.54, 1.807) is 0 Å². The smallest absolute Gasteiger partial charge is 0.0366 e. The monoisotopic (exact) mass is 206 g/mol. The van der Waals surface area contributed by atoms with E-state index in [1.165, 1.54) is 24.1 Å². The van der Waals surface area contributed by atoms with Gasteiger partial charge in [-0.3, -0.25) is 0 Å². The van der Waals surface area contributed by atoms with Crippen LogP contribution in [0.15, 0.2) is 24.3 Å². The number of hydrogen-bond donors (Lipinski definition) is 1. The molecule has 0 heterocycles. The molecule has 2 heteroatoms. The molecule has 0 spiro atoms. The van der Waals surface area contributed by atoms with Crippen molar-refractivity contribution in [3.63, 3.8) is 0 Å². The van der Waals surface area contributed by atoms with Crippen molar-refractivity contribution in [3.8, 4) is 0 Å². The molecular weight excluding hydrogens is 184 g/mol. The molecule has 0 fully saturated rings. The molecule has 0 aliphatic rings. The molecule has 1 rings (SSSR count). The lowest BCUT2D eigenvalue weighted by atomic mass is 10.1. The maximum absolute atomic E-state index is 5.55. The maximum Gasteiger partial charge on any atom is 0.0366 e. The zero-order valence-corrected chi connectivity index (χ0v) is 9.87. The minimum absolute atomic E-state index is 0.724. The van der Waals surface area contributed by atoms with Gasteiger partial charge < -0.3 is 10.6 Å². The van der Waals surface area contributed by atoms with Gasteiger partial charge in [-0.2, -0.15) is 0 Å². The third kappa shape index (κ3) is 3.92. The Balaban J connectivity index is 2.62. The van der Waals surface area contributed by atoms with Crippen LogP contribution in [-0.4, -0.2) is 20.1 Å². The average molecular weight is 206 g/mol. The van der Waals surface area contributed by atoms with Gasteiger partial charge in [0.1, 0.15) is 0 Å². The molecule has 0 unspecified atom stereocenters. The third-order valence-electron chi connectivity index (χ3n) is 2.63. The molecule has 0 aromatic heterocycles. The van der Waals surface area contributed by atoms with E-state index in [0.29, 0.717) is 0 Å². The summed E-state index contributed by atoms with van der Waals surface area (Å²) in [5.41, 5.74) is 8.19. The first-order valence-electron chi connectivity index (χ1n) is 5.78. The summed E-state index contributed by atoms with van der Waals surface area (Å²) in [4.78, 5) is 2.31. The summed E-state index contributed by atoms with van der Waals surface area (Å²) in [6, 6.07) is 8.66. The fourth-order valence-electron chi connectivity index (χ4n) is 1.64. The van der Waals surface area contributed by atoms with Crippen LogP contribution in [0.25, 0.3) is 0 Å². The van der Waals surface area contributed by atoms with Crippen molar-refractivity contribution in [2.45, 2.75) is 26.2 Å². The number of unbranched alkanes of at least 4 members (excludes halogenated alkanes) is 1. The maximum atomic E-state index is 5.55. The van der Waals surface area contributed by atoms with Gasteiger partial charge in [0, 0.05) is 19.3 Å². The first kappa shape index (κ1) is 12.1. The van der Waals surface area contributed by atoms with Crippen molar-refractivity contribution in [3.05, 3.63) is 29.8 Å². The van der Waals surface area contributed by atoms with Crippen LogP contribution in [-0.2, 0) is 6.42 Å². The number of hydrogen-bond acceptors (Lipinski definition) is 2. The van der Waals surface area contributed by atoms with E-state index in [-0.39, 0.29) is 0 Å². The van der Waals surface area contributed by atoms with Crippen LogP contribution in [0.1, 0.15) is 25.3 Å². The molecule has 1 aromatic carbocycles. The third-order valence-corrected chi connectivity index (χ3v) is 2.63. The van der Waals surface area contributed by atoms with Gasteiger partial charge in [-0.1, -0.05) is 25.5 Å². The van der Waals surface area contributed by atoms with Crippen LogP contribution in [0.5, 0.6) is 0 Å². The van der Waals surface area contributed by atoms with Crippen molar-refractivity contribution in [2.24, 2.45) is 5.73 Å². The normalized spacial score (nSPS) is 10.3. The fraction of sp³-hybridized carbons (Fsp3) is 0.538. The van der Waals surface area contributed by atoms with Gasteiger partial charge >= 0.3 is 0 Å². The topological polar surface area (TPSA) is 29.3 Å². The Hall–Kier alpha value is -1.02. The lowest BCUT2D eigenvalue weighted by molar-refractivity contribution is 0.766. The zero-order valence-electron chi connectivity index (χ0n) is 9.87. The summed E-state index contributed by atoms with van der Waals surface area (Å²) >= 11 is 0. The van der Waals surface area contributed by atoms with E-state index in [2.05, 4.69) is 43.1 Å². The molecule has 2 nitrogen and oxygen atoms in total. The molecule has 0 amide bonds. The van der Waals surface area contributed by atoms with Crippen LogP contribution in [0.4, 0.5) is 5.69 Å². The van der Waals surface area contributed by atoms with E-state index >= 15 is 0 Å². The number of benzene rings is 1. The first-order valence-corrected chi connectivity index (χ1v) is 5.78. The van der Waals surface area contributed by atoms with E-state index in [0.717, 1.165) is 19.5 Å². The Morgan fingerprint density at radius 2 is 2.13 bits per heavy atom. The quantitative estimate of drug-likeness (QED) is 0.774. The SMILES string of the molecule is CCCCN(C)c1cccc(CCN)c1. The van der Waals surface area contributed by atoms with Crippen LogP contribution < -0.4 is 10.6 Å². The molecule has 84 valence electrons. The molecule has 0 saturated heterocycles. The molecule has 0 saturated carbocycles. The Labute approximate surface area is 93.1 Å². The molecule has 0 aliphatic carbocycles. The molecule has 0 atom stereocenters. The van der Waals surface area contributed by atoms with Gasteiger partial charge in [0.2, 0.25) is 0 Å². The molecule has 0 aliphatic heterocycles. The van der Waals surface area contributed by atoms with Gasteiger partial charge in [-0.15, -0.1) is 0 Å². The van der Waals surface area contributed by atoms with Crippen LogP contribution in [0.3, 0.4) is 0 Å². The van der Waals surface area contributed by atoms with Crippen LogP contribution >= 0.6 is 0 Å². The zero-order chi connectivity index (χ0) is 11.1. The lowest BCUT2D eigenvalue weighted by Gasteiger charge is -2.19. The summed E-state index contributed by atoms with van der Waals surface area (Å²) in [5, 5.41) is 0. The minimum Gasteiger partial charge on any atom is -0.375 e. The van der Waals surface area contributed by atoms with E-state index in [4.69, 9.17) is 5.73 Å². The number of nitrogens with two attached hydrogens (primary N) is 1. The van der Waals surface area contributed by atoms with Crippen LogP contribution in [0.2, 0.25) is 0 Å². The Morgan fingerprint density at radius 3 is 2.80 bits per heavy atom. The molecular formula is C13H22N2. The van der Waals surface area contributed by atoms with Crippen molar-refractivity contribution in [1.29, 1.82) is 0 Å². The predicted octanol–water partition coefficient (Wildman–Crippen LogP) is 2.42. The van der Waals surface area contributed by atoms with E-state index in [9.17, 15) is 0 Å².